The van der Waals surface area contributed by atoms with Crippen molar-refractivity contribution in [3.05, 3.63) is 59.7 Å². The van der Waals surface area contributed by atoms with E-state index in [9.17, 15) is 13.2 Å². The summed E-state index contributed by atoms with van der Waals surface area (Å²) in [5.74, 6) is 0.0159. The monoisotopic (exact) mass is 442 g/mol. The second-order valence-electron chi connectivity index (χ2n) is 6.70. The molecule has 0 aliphatic carbocycles. The van der Waals surface area contributed by atoms with Gasteiger partial charge in [0.05, 0.1) is 35.5 Å². The number of ether oxygens (including phenoxy) is 2. The fraction of sp³-hybridized carbons (Fsp3) is 0.286. The number of nitrogens with one attached hydrogen (secondary N) is 1. The van der Waals surface area contributed by atoms with Crippen LogP contribution in [0.15, 0.2) is 58.5 Å². The molecular formula is C21H22N4O5S. The Morgan fingerprint density at radius 2 is 1.81 bits per heavy atom. The molecule has 3 rings (SSSR count). The zero-order valence-corrected chi connectivity index (χ0v) is 17.8. The van der Waals surface area contributed by atoms with E-state index in [0.29, 0.717) is 48.9 Å². The first kappa shape index (κ1) is 22.4. The first-order valence-electron chi connectivity index (χ1n) is 9.54. The highest BCUT2D eigenvalue weighted by Crippen LogP contribution is 2.18. The third kappa shape index (κ3) is 5.88. The number of morpholine rings is 1. The van der Waals surface area contributed by atoms with Crippen LogP contribution in [0, 0.1) is 11.3 Å². The molecule has 0 spiro atoms. The van der Waals surface area contributed by atoms with E-state index < -0.39 is 15.9 Å². The molecule has 0 radical (unpaired) electrons. The predicted octanol–water partition coefficient (Wildman–Crippen LogP) is 1.50. The summed E-state index contributed by atoms with van der Waals surface area (Å²) >= 11 is 0. The van der Waals surface area contributed by atoms with Crippen molar-refractivity contribution < 1.29 is 22.7 Å². The van der Waals surface area contributed by atoms with Gasteiger partial charge in [-0.15, -0.1) is 0 Å². The van der Waals surface area contributed by atoms with Crippen molar-refractivity contribution in [3.63, 3.8) is 0 Å². The molecule has 1 N–H and O–H groups in total. The molecule has 10 heteroatoms. The summed E-state index contributed by atoms with van der Waals surface area (Å²) in [5, 5.41) is 12.8. The number of nitriles is 1. The fourth-order valence-electron chi connectivity index (χ4n) is 2.82. The maximum atomic E-state index is 12.7. The number of benzene rings is 2. The molecular weight excluding hydrogens is 420 g/mol. The van der Waals surface area contributed by atoms with Crippen LogP contribution in [0.4, 0.5) is 0 Å². The third-order valence-corrected chi connectivity index (χ3v) is 6.49. The molecule has 9 nitrogen and oxygen atoms in total. The van der Waals surface area contributed by atoms with E-state index in [2.05, 4.69) is 10.5 Å². The van der Waals surface area contributed by atoms with Crippen LogP contribution in [0.25, 0.3) is 0 Å². The lowest BCUT2D eigenvalue weighted by molar-refractivity contribution is -0.123. The second-order valence-corrected chi connectivity index (χ2v) is 8.64. The maximum Gasteiger partial charge on any atom is 0.277 e. The molecule has 1 fully saturated rings. The third-order valence-electron chi connectivity index (χ3n) is 4.58. The number of hydrogen-bond donors (Lipinski definition) is 1. The van der Waals surface area contributed by atoms with Crippen LogP contribution >= 0.6 is 0 Å². The Bertz CT molecular complexity index is 1080. The van der Waals surface area contributed by atoms with Gasteiger partial charge in [0.15, 0.2) is 6.61 Å². The zero-order chi connectivity index (χ0) is 22.3. The molecule has 0 bridgehead atoms. The molecule has 31 heavy (non-hydrogen) atoms. The maximum absolute atomic E-state index is 12.7. The van der Waals surface area contributed by atoms with Gasteiger partial charge < -0.3 is 9.47 Å². The van der Waals surface area contributed by atoms with Gasteiger partial charge in [0.2, 0.25) is 10.0 Å². The molecule has 0 aromatic heterocycles. The average Bonchev–Trinajstić information content (AvgIpc) is 2.82. The molecule has 1 heterocycles. The molecule has 162 valence electrons. The number of rotatable bonds is 7. The van der Waals surface area contributed by atoms with Crippen LogP contribution < -0.4 is 10.2 Å². The summed E-state index contributed by atoms with van der Waals surface area (Å²) in [6.07, 6.45) is 0. The van der Waals surface area contributed by atoms with Gasteiger partial charge in [-0.2, -0.15) is 14.7 Å². The highest BCUT2D eigenvalue weighted by atomic mass is 32.2. The van der Waals surface area contributed by atoms with Gasteiger partial charge >= 0.3 is 0 Å². The fourth-order valence-corrected chi connectivity index (χ4v) is 4.23. The second kappa shape index (κ2) is 10.2. The Morgan fingerprint density at radius 3 is 2.42 bits per heavy atom. The summed E-state index contributed by atoms with van der Waals surface area (Å²) in [6.45, 7) is 2.91. The van der Waals surface area contributed by atoms with Crippen molar-refractivity contribution in [2.24, 2.45) is 5.10 Å². The van der Waals surface area contributed by atoms with E-state index in [1.54, 1.807) is 43.3 Å². The zero-order valence-electron chi connectivity index (χ0n) is 16.9. The Balaban J connectivity index is 1.55. The number of nitrogens with zero attached hydrogens (tertiary/aromatic N) is 3. The first-order valence-corrected chi connectivity index (χ1v) is 11.0. The topological polar surface area (TPSA) is 121 Å². The molecule has 1 amide bonds. The molecule has 1 aliphatic rings. The number of carbonyl (C=O) groups is 1. The number of amides is 1. The molecule has 1 aliphatic heterocycles. The standard InChI is InChI=1S/C21H22N4O5S/c1-16(23-24-21(26)15-30-19-6-2-17(14-22)3-7-19)18-4-8-20(9-5-18)31(27,28)25-10-12-29-13-11-25/h2-9H,10-13,15H2,1H3,(H,24,26)/b23-16+. The van der Waals surface area contributed by atoms with Crippen molar-refractivity contribution in [2.75, 3.05) is 32.9 Å². The summed E-state index contributed by atoms with van der Waals surface area (Å²) in [5.41, 5.74) is 4.09. The summed E-state index contributed by atoms with van der Waals surface area (Å²) in [4.78, 5) is 12.1. The Hall–Kier alpha value is -3.26. The smallest absolute Gasteiger partial charge is 0.277 e. The predicted molar refractivity (Wildman–Crippen MR) is 113 cm³/mol. The Labute approximate surface area is 180 Å². The van der Waals surface area contributed by atoms with Crippen molar-refractivity contribution in [1.82, 2.24) is 9.73 Å². The molecule has 1 saturated heterocycles. The van der Waals surface area contributed by atoms with E-state index in [1.165, 1.54) is 16.4 Å². The van der Waals surface area contributed by atoms with Crippen LogP contribution in [0.3, 0.4) is 0 Å². The summed E-state index contributed by atoms with van der Waals surface area (Å²) < 4.78 is 37.3. The molecule has 0 atom stereocenters. The molecule has 0 unspecified atom stereocenters. The van der Waals surface area contributed by atoms with Gasteiger partial charge in [0.1, 0.15) is 5.75 Å². The molecule has 2 aromatic carbocycles. The van der Waals surface area contributed by atoms with Gasteiger partial charge in [0, 0.05) is 13.1 Å². The highest BCUT2D eigenvalue weighted by Gasteiger charge is 2.26. The van der Waals surface area contributed by atoms with Gasteiger partial charge in [-0.3, -0.25) is 4.79 Å². The van der Waals surface area contributed by atoms with Crippen molar-refractivity contribution in [2.45, 2.75) is 11.8 Å². The normalized spacial score (nSPS) is 15.2. The van der Waals surface area contributed by atoms with Gasteiger partial charge in [-0.1, -0.05) is 12.1 Å². The van der Waals surface area contributed by atoms with Gasteiger partial charge in [-0.25, -0.2) is 13.8 Å². The quantitative estimate of drug-likeness (QED) is 0.512. The van der Waals surface area contributed by atoms with Crippen LogP contribution in [0.1, 0.15) is 18.1 Å². The number of carbonyl (C=O) groups excluding carboxylic acids is 1. The van der Waals surface area contributed by atoms with Crippen LogP contribution in [-0.2, 0) is 19.6 Å². The molecule has 0 saturated carbocycles. The van der Waals surface area contributed by atoms with Crippen molar-refractivity contribution in [1.29, 1.82) is 5.26 Å². The van der Waals surface area contributed by atoms with Crippen LogP contribution in [0.2, 0.25) is 0 Å². The number of hydrazone groups is 1. The van der Waals surface area contributed by atoms with Gasteiger partial charge in [0.25, 0.3) is 5.91 Å². The van der Waals surface area contributed by atoms with E-state index in [1.807, 2.05) is 6.07 Å². The lowest BCUT2D eigenvalue weighted by Crippen LogP contribution is -2.40. The van der Waals surface area contributed by atoms with Crippen LogP contribution in [0.5, 0.6) is 5.75 Å². The lowest BCUT2D eigenvalue weighted by atomic mass is 10.1. The first-order chi connectivity index (χ1) is 14.9. The van der Waals surface area contributed by atoms with Crippen LogP contribution in [-0.4, -0.2) is 57.3 Å². The largest absolute Gasteiger partial charge is 0.484 e. The van der Waals surface area contributed by atoms with Gasteiger partial charge in [-0.05, 0) is 48.9 Å². The minimum atomic E-state index is -3.56. The SMILES string of the molecule is C/C(=N\NC(=O)COc1ccc(C#N)cc1)c1ccc(S(=O)(=O)N2CCOCC2)cc1. The van der Waals surface area contributed by atoms with E-state index in [0.717, 1.165) is 0 Å². The molecule has 2 aromatic rings. The van der Waals surface area contributed by atoms with Crippen molar-refractivity contribution in [3.8, 4) is 11.8 Å². The Morgan fingerprint density at radius 1 is 1.16 bits per heavy atom. The summed E-state index contributed by atoms with van der Waals surface area (Å²) in [7, 11) is -3.56. The van der Waals surface area contributed by atoms with Crippen molar-refractivity contribution >= 4 is 21.6 Å². The van der Waals surface area contributed by atoms with E-state index >= 15 is 0 Å². The average molecular weight is 442 g/mol. The minimum absolute atomic E-state index is 0.200. The highest BCUT2D eigenvalue weighted by molar-refractivity contribution is 7.89. The lowest BCUT2D eigenvalue weighted by Gasteiger charge is -2.26. The van der Waals surface area contributed by atoms with E-state index in [4.69, 9.17) is 14.7 Å². The minimum Gasteiger partial charge on any atom is -0.484 e. The van der Waals surface area contributed by atoms with E-state index in [-0.39, 0.29) is 11.5 Å². The summed E-state index contributed by atoms with van der Waals surface area (Å²) in [6, 6.07) is 14.7. The number of sulfonamides is 1. The Kier molecular flexibility index (Phi) is 7.36. The number of hydrogen-bond acceptors (Lipinski definition) is 7.